The SMILES string of the molecule is Cc1cc(NC(=O)c2cccc(-n3cccn3)c2)no1. The van der Waals surface area contributed by atoms with E-state index in [0.717, 1.165) is 5.69 Å². The summed E-state index contributed by atoms with van der Waals surface area (Å²) in [5, 5.41) is 10.5. The predicted octanol–water partition coefficient (Wildman–Crippen LogP) is 2.42. The lowest BCUT2D eigenvalue weighted by molar-refractivity contribution is 0.102. The predicted molar refractivity (Wildman–Crippen MR) is 72.8 cm³/mol. The minimum absolute atomic E-state index is 0.243. The third-order valence-electron chi connectivity index (χ3n) is 2.75. The molecule has 0 aliphatic carbocycles. The molecule has 0 saturated heterocycles. The summed E-state index contributed by atoms with van der Waals surface area (Å²) in [6.07, 6.45) is 3.50. The normalized spacial score (nSPS) is 10.4. The van der Waals surface area contributed by atoms with Gasteiger partial charge in [0.25, 0.3) is 5.91 Å². The van der Waals surface area contributed by atoms with Crippen molar-refractivity contribution >= 4 is 11.7 Å². The Morgan fingerprint density at radius 2 is 2.20 bits per heavy atom. The highest BCUT2D eigenvalue weighted by Crippen LogP contribution is 2.13. The number of carbonyl (C=O) groups excluding carboxylic acids is 1. The van der Waals surface area contributed by atoms with E-state index in [2.05, 4.69) is 15.6 Å². The first-order chi connectivity index (χ1) is 9.72. The van der Waals surface area contributed by atoms with E-state index in [9.17, 15) is 4.79 Å². The van der Waals surface area contributed by atoms with Crippen LogP contribution in [0.1, 0.15) is 16.1 Å². The molecule has 6 heteroatoms. The average molecular weight is 268 g/mol. The van der Waals surface area contributed by atoms with Crippen LogP contribution in [0.2, 0.25) is 0 Å². The van der Waals surface area contributed by atoms with Crippen molar-refractivity contribution in [3.63, 3.8) is 0 Å². The molecule has 1 amide bonds. The van der Waals surface area contributed by atoms with Crippen LogP contribution in [-0.4, -0.2) is 20.8 Å². The number of nitrogens with zero attached hydrogens (tertiary/aromatic N) is 3. The third kappa shape index (κ3) is 2.44. The summed E-state index contributed by atoms with van der Waals surface area (Å²) in [5.74, 6) is 0.801. The van der Waals surface area contributed by atoms with Gasteiger partial charge in [-0.3, -0.25) is 4.79 Å². The van der Waals surface area contributed by atoms with Crippen molar-refractivity contribution in [3.8, 4) is 5.69 Å². The van der Waals surface area contributed by atoms with E-state index >= 15 is 0 Å². The Bertz CT molecular complexity index is 731. The van der Waals surface area contributed by atoms with Gasteiger partial charge in [0.1, 0.15) is 5.76 Å². The van der Waals surface area contributed by atoms with Gasteiger partial charge in [0, 0.05) is 24.0 Å². The number of hydrogen-bond acceptors (Lipinski definition) is 4. The molecule has 3 aromatic rings. The smallest absolute Gasteiger partial charge is 0.256 e. The number of aromatic nitrogens is 3. The van der Waals surface area contributed by atoms with Crippen LogP contribution in [0.4, 0.5) is 5.82 Å². The zero-order chi connectivity index (χ0) is 13.9. The van der Waals surface area contributed by atoms with Gasteiger partial charge in [0.15, 0.2) is 5.82 Å². The maximum atomic E-state index is 12.1. The van der Waals surface area contributed by atoms with Crippen molar-refractivity contribution in [2.45, 2.75) is 6.92 Å². The zero-order valence-electron chi connectivity index (χ0n) is 10.8. The molecule has 1 aromatic carbocycles. The first-order valence-electron chi connectivity index (χ1n) is 6.07. The van der Waals surface area contributed by atoms with Crippen LogP contribution in [0.25, 0.3) is 5.69 Å². The van der Waals surface area contributed by atoms with Crippen LogP contribution in [0.3, 0.4) is 0 Å². The molecule has 2 aromatic heterocycles. The largest absolute Gasteiger partial charge is 0.360 e. The monoisotopic (exact) mass is 268 g/mol. The molecule has 0 spiro atoms. The summed E-state index contributed by atoms with van der Waals surface area (Å²) in [4.78, 5) is 12.1. The molecule has 6 nitrogen and oxygen atoms in total. The van der Waals surface area contributed by atoms with Crippen LogP contribution in [0.5, 0.6) is 0 Å². The van der Waals surface area contributed by atoms with Gasteiger partial charge in [-0.15, -0.1) is 0 Å². The van der Waals surface area contributed by atoms with Crippen LogP contribution >= 0.6 is 0 Å². The van der Waals surface area contributed by atoms with E-state index in [4.69, 9.17) is 4.52 Å². The standard InChI is InChI=1S/C14H12N4O2/c1-10-8-13(17-20-10)16-14(19)11-4-2-5-12(9-11)18-7-3-6-15-18/h2-9H,1H3,(H,16,17,19). The van der Waals surface area contributed by atoms with Gasteiger partial charge >= 0.3 is 0 Å². The quantitative estimate of drug-likeness (QED) is 0.791. The topological polar surface area (TPSA) is 73.0 Å². The number of aryl methyl sites for hydroxylation is 1. The van der Waals surface area contributed by atoms with Crippen molar-refractivity contribution < 1.29 is 9.32 Å². The van der Waals surface area contributed by atoms with Gasteiger partial charge in [0.2, 0.25) is 0 Å². The van der Waals surface area contributed by atoms with E-state index in [-0.39, 0.29) is 5.91 Å². The Labute approximate surface area is 115 Å². The second kappa shape index (κ2) is 5.00. The van der Waals surface area contributed by atoms with Gasteiger partial charge in [0.05, 0.1) is 5.69 Å². The summed E-state index contributed by atoms with van der Waals surface area (Å²) in [6, 6.07) is 10.7. The molecule has 1 N–H and O–H groups in total. The number of anilines is 1. The molecule has 0 aliphatic rings. The van der Waals surface area contributed by atoms with E-state index in [1.54, 1.807) is 42.1 Å². The van der Waals surface area contributed by atoms with Crippen molar-refractivity contribution in [1.29, 1.82) is 0 Å². The Morgan fingerprint density at radius 1 is 1.30 bits per heavy atom. The molecule has 0 fully saturated rings. The van der Waals surface area contributed by atoms with Crippen molar-refractivity contribution in [2.75, 3.05) is 5.32 Å². The Morgan fingerprint density at radius 3 is 2.90 bits per heavy atom. The number of benzene rings is 1. The summed E-state index contributed by atoms with van der Waals surface area (Å²) in [5.41, 5.74) is 1.35. The second-order valence-corrected chi connectivity index (χ2v) is 4.28. The maximum Gasteiger partial charge on any atom is 0.256 e. The molecule has 0 radical (unpaired) electrons. The molecule has 2 heterocycles. The highest BCUT2D eigenvalue weighted by Gasteiger charge is 2.09. The fourth-order valence-corrected chi connectivity index (χ4v) is 1.83. The molecule has 0 atom stereocenters. The van der Waals surface area contributed by atoms with E-state index < -0.39 is 0 Å². The van der Waals surface area contributed by atoms with Crippen molar-refractivity contribution in [2.24, 2.45) is 0 Å². The molecule has 3 rings (SSSR count). The highest BCUT2D eigenvalue weighted by atomic mass is 16.5. The Balaban J connectivity index is 1.83. The number of rotatable bonds is 3. The lowest BCUT2D eigenvalue weighted by Gasteiger charge is -2.05. The summed E-state index contributed by atoms with van der Waals surface area (Å²) < 4.78 is 6.60. The van der Waals surface area contributed by atoms with E-state index in [0.29, 0.717) is 17.1 Å². The van der Waals surface area contributed by atoms with E-state index in [1.165, 1.54) is 0 Å². The van der Waals surface area contributed by atoms with Crippen molar-refractivity contribution in [3.05, 3.63) is 60.1 Å². The molecule has 0 aliphatic heterocycles. The summed E-state index contributed by atoms with van der Waals surface area (Å²) >= 11 is 0. The molecule has 100 valence electrons. The second-order valence-electron chi connectivity index (χ2n) is 4.28. The molecule has 20 heavy (non-hydrogen) atoms. The minimum atomic E-state index is -0.243. The number of carbonyl (C=O) groups is 1. The first kappa shape index (κ1) is 12.2. The maximum absolute atomic E-state index is 12.1. The van der Waals surface area contributed by atoms with Crippen LogP contribution < -0.4 is 5.32 Å². The first-order valence-corrected chi connectivity index (χ1v) is 6.07. The lowest BCUT2D eigenvalue weighted by atomic mass is 10.2. The van der Waals surface area contributed by atoms with Gasteiger partial charge < -0.3 is 9.84 Å². The molecule has 0 saturated carbocycles. The molecule has 0 bridgehead atoms. The molecule has 0 unspecified atom stereocenters. The third-order valence-corrected chi connectivity index (χ3v) is 2.75. The zero-order valence-corrected chi connectivity index (χ0v) is 10.8. The van der Waals surface area contributed by atoms with Crippen LogP contribution in [0, 0.1) is 6.92 Å². The van der Waals surface area contributed by atoms with Gasteiger partial charge in [-0.2, -0.15) is 5.10 Å². The number of amides is 1. The Kier molecular flexibility index (Phi) is 3.04. The molecular formula is C14H12N4O2. The van der Waals surface area contributed by atoms with Gasteiger partial charge in [-0.25, -0.2) is 4.68 Å². The Hall–Kier alpha value is -2.89. The summed E-state index contributed by atoms with van der Waals surface area (Å²) in [7, 11) is 0. The molecular weight excluding hydrogens is 256 g/mol. The average Bonchev–Trinajstić information content (AvgIpc) is 3.11. The minimum Gasteiger partial charge on any atom is -0.360 e. The van der Waals surface area contributed by atoms with Gasteiger partial charge in [-0.1, -0.05) is 11.2 Å². The van der Waals surface area contributed by atoms with Crippen molar-refractivity contribution in [1.82, 2.24) is 14.9 Å². The van der Waals surface area contributed by atoms with Crippen LogP contribution in [0.15, 0.2) is 53.3 Å². The lowest BCUT2D eigenvalue weighted by Crippen LogP contribution is -2.12. The fourth-order valence-electron chi connectivity index (χ4n) is 1.83. The highest BCUT2D eigenvalue weighted by molar-refractivity contribution is 6.04. The number of nitrogens with one attached hydrogen (secondary N) is 1. The van der Waals surface area contributed by atoms with Gasteiger partial charge in [-0.05, 0) is 31.2 Å². The summed E-state index contributed by atoms with van der Waals surface area (Å²) in [6.45, 7) is 1.76. The number of hydrogen-bond donors (Lipinski definition) is 1. The van der Waals surface area contributed by atoms with Crippen LogP contribution in [-0.2, 0) is 0 Å². The van der Waals surface area contributed by atoms with E-state index in [1.807, 2.05) is 18.3 Å². The fraction of sp³-hybridized carbons (Fsp3) is 0.0714.